The quantitative estimate of drug-likeness (QED) is 0.656. The van der Waals surface area contributed by atoms with E-state index in [1.807, 2.05) is 6.07 Å². The highest BCUT2D eigenvalue weighted by Gasteiger charge is 2.23. The van der Waals surface area contributed by atoms with Gasteiger partial charge in [-0.05, 0) is 18.2 Å². The van der Waals surface area contributed by atoms with Crippen LogP contribution in [0.5, 0.6) is 5.75 Å². The molecule has 0 atom stereocenters. The standard InChI is InChI=1S/C13H10N6O2S/c20-10-4-2-1-3-7(10)8-5-9(15-14-8)12-16-17-13-19(12)18-11(21)6-22-13/h1-5,20H,6H2,(H,14,15)(H,18,21). The maximum Gasteiger partial charge on any atom is 0.249 e. The summed E-state index contributed by atoms with van der Waals surface area (Å²) in [6, 6.07) is 8.68. The summed E-state index contributed by atoms with van der Waals surface area (Å²) in [5.41, 5.74) is 4.50. The molecule has 0 fully saturated rings. The van der Waals surface area contributed by atoms with Crippen molar-refractivity contribution in [2.75, 3.05) is 11.2 Å². The monoisotopic (exact) mass is 314 g/mol. The van der Waals surface area contributed by atoms with E-state index >= 15 is 0 Å². The number of rotatable bonds is 2. The van der Waals surface area contributed by atoms with Gasteiger partial charge in [-0.25, -0.2) is 4.68 Å². The number of hydrogen-bond donors (Lipinski definition) is 3. The molecule has 4 rings (SSSR count). The SMILES string of the molecule is O=C1CSc2nnc(-c3cc(-c4ccccc4O)n[nH]3)n2N1. The number of thioether (sulfide) groups is 1. The molecule has 0 saturated carbocycles. The predicted molar refractivity (Wildman–Crippen MR) is 79.8 cm³/mol. The lowest BCUT2D eigenvalue weighted by Crippen LogP contribution is -2.29. The summed E-state index contributed by atoms with van der Waals surface area (Å²) in [5.74, 6) is 0.820. The Balaban J connectivity index is 1.75. The highest BCUT2D eigenvalue weighted by atomic mass is 32.2. The van der Waals surface area contributed by atoms with Gasteiger partial charge in [-0.15, -0.1) is 10.2 Å². The molecule has 0 aliphatic carbocycles. The fraction of sp³-hybridized carbons (Fsp3) is 0.0769. The van der Waals surface area contributed by atoms with Gasteiger partial charge >= 0.3 is 0 Å². The number of phenols is 1. The van der Waals surface area contributed by atoms with Gasteiger partial charge in [0.25, 0.3) is 0 Å². The van der Waals surface area contributed by atoms with Crippen molar-refractivity contribution in [3.63, 3.8) is 0 Å². The van der Waals surface area contributed by atoms with Gasteiger partial charge in [-0.2, -0.15) is 5.10 Å². The third-order valence-corrected chi connectivity index (χ3v) is 4.13. The van der Waals surface area contributed by atoms with Crippen molar-refractivity contribution in [2.45, 2.75) is 5.16 Å². The summed E-state index contributed by atoms with van der Waals surface area (Å²) < 4.78 is 1.53. The Morgan fingerprint density at radius 1 is 1.27 bits per heavy atom. The molecule has 3 heterocycles. The number of phenolic OH excluding ortho intramolecular Hbond substituents is 1. The number of carbonyl (C=O) groups is 1. The van der Waals surface area contributed by atoms with Crippen LogP contribution in [0.2, 0.25) is 0 Å². The number of benzene rings is 1. The van der Waals surface area contributed by atoms with Crippen LogP contribution in [0.25, 0.3) is 22.8 Å². The highest BCUT2D eigenvalue weighted by molar-refractivity contribution is 7.99. The third kappa shape index (κ3) is 2.02. The minimum absolute atomic E-state index is 0.112. The minimum atomic E-state index is -0.112. The summed E-state index contributed by atoms with van der Waals surface area (Å²) in [5, 5.41) is 25.6. The number of para-hydroxylation sites is 1. The van der Waals surface area contributed by atoms with E-state index in [9.17, 15) is 9.90 Å². The molecule has 8 nitrogen and oxygen atoms in total. The average Bonchev–Trinajstić information content (AvgIpc) is 3.13. The van der Waals surface area contributed by atoms with E-state index in [4.69, 9.17) is 0 Å². The molecule has 0 saturated heterocycles. The second-order valence-electron chi connectivity index (χ2n) is 4.65. The zero-order valence-corrected chi connectivity index (χ0v) is 12.0. The Hall–Kier alpha value is -2.81. The number of hydrogen-bond acceptors (Lipinski definition) is 6. The Bertz CT molecular complexity index is 871. The number of amides is 1. The predicted octanol–water partition coefficient (Wildman–Crippen LogP) is 1.22. The van der Waals surface area contributed by atoms with Crippen molar-refractivity contribution in [3.05, 3.63) is 30.3 Å². The van der Waals surface area contributed by atoms with Crippen molar-refractivity contribution in [1.82, 2.24) is 25.1 Å². The van der Waals surface area contributed by atoms with Crippen LogP contribution in [0, 0.1) is 0 Å². The van der Waals surface area contributed by atoms with E-state index < -0.39 is 0 Å². The lowest BCUT2D eigenvalue weighted by molar-refractivity contribution is -0.114. The number of nitrogens with zero attached hydrogens (tertiary/aromatic N) is 4. The number of H-pyrrole nitrogens is 1. The zero-order chi connectivity index (χ0) is 15.1. The number of carbonyl (C=O) groups excluding carboxylic acids is 1. The number of aromatic amines is 1. The number of aromatic nitrogens is 5. The van der Waals surface area contributed by atoms with Crippen molar-refractivity contribution in [3.8, 4) is 28.5 Å². The highest BCUT2D eigenvalue weighted by Crippen LogP contribution is 2.30. The first-order valence-electron chi connectivity index (χ1n) is 6.44. The van der Waals surface area contributed by atoms with Gasteiger partial charge in [-0.1, -0.05) is 23.9 Å². The van der Waals surface area contributed by atoms with E-state index in [1.54, 1.807) is 24.3 Å². The van der Waals surface area contributed by atoms with Crippen molar-refractivity contribution < 1.29 is 9.90 Å². The normalized spacial score (nSPS) is 13.7. The first kappa shape index (κ1) is 12.9. The minimum Gasteiger partial charge on any atom is -0.507 e. The molecule has 1 aromatic carbocycles. The number of aromatic hydroxyl groups is 1. The second-order valence-corrected chi connectivity index (χ2v) is 5.59. The van der Waals surface area contributed by atoms with Gasteiger partial charge in [0.2, 0.25) is 16.9 Å². The molecule has 3 N–H and O–H groups in total. The van der Waals surface area contributed by atoms with Crippen LogP contribution in [0.4, 0.5) is 0 Å². The molecule has 1 amide bonds. The van der Waals surface area contributed by atoms with Crippen molar-refractivity contribution in [1.29, 1.82) is 0 Å². The molecular weight excluding hydrogens is 304 g/mol. The lowest BCUT2D eigenvalue weighted by atomic mass is 10.1. The van der Waals surface area contributed by atoms with Crippen molar-refractivity contribution >= 4 is 17.7 Å². The van der Waals surface area contributed by atoms with Gasteiger partial charge in [0.05, 0.1) is 11.4 Å². The lowest BCUT2D eigenvalue weighted by Gasteiger charge is -2.14. The van der Waals surface area contributed by atoms with Crippen LogP contribution in [0.15, 0.2) is 35.5 Å². The Morgan fingerprint density at radius 2 is 2.14 bits per heavy atom. The Morgan fingerprint density at radius 3 is 3.00 bits per heavy atom. The van der Waals surface area contributed by atoms with Crippen LogP contribution < -0.4 is 5.43 Å². The molecule has 9 heteroatoms. The van der Waals surface area contributed by atoms with Crippen LogP contribution in [-0.2, 0) is 4.79 Å². The molecule has 0 unspecified atom stereocenters. The number of fused-ring (bicyclic) bond motifs is 1. The molecule has 0 bridgehead atoms. The first-order valence-corrected chi connectivity index (χ1v) is 7.43. The van der Waals surface area contributed by atoms with E-state index in [0.717, 1.165) is 0 Å². The molecule has 1 aliphatic rings. The molecular formula is C13H10N6O2S. The molecule has 22 heavy (non-hydrogen) atoms. The summed E-state index contributed by atoms with van der Waals surface area (Å²) >= 11 is 1.32. The van der Waals surface area contributed by atoms with E-state index in [1.165, 1.54) is 16.4 Å². The molecule has 3 aromatic rings. The summed E-state index contributed by atoms with van der Waals surface area (Å²) in [4.78, 5) is 11.5. The smallest absolute Gasteiger partial charge is 0.249 e. The van der Waals surface area contributed by atoms with Gasteiger partial charge in [-0.3, -0.25) is 15.3 Å². The fourth-order valence-electron chi connectivity index (χ4n) is 2.19. The summed E-state index contributed by atoms with van der Waals surface area (Å²) in [7, 11) is 0. The molecule has 1 aliphatic heterocycles. The van der Waals surface area contributed by atoms with Crippen LogP contribution >= 0.6 is 11.8 Å². The molecule has 0 spiro atoms. The van der Waals surface area contributed by atoms with Gasteiger partial charge < -0.3 is 5.11 Å². The van der Waals surface area contributed by atoms with E-state index in [2.05, 4.69) is 25.8 Å². The Kier molecular flexibility index (Phi) is 2.86. The largest absolute Gasteiger partial charge is 0.507 e. The Labute approximate surface area is 128 Å². The second kappa shape index (κ2) is 4.88. The first-order chi connectivity index (χ1) is 10.7. The van der Waals surface area contributed by atoms with Crippen LogP contribution in [-0.4, -0.2) is 41.8 Å². The topological polar surface area (TPSA) is 109 Å². The molecule has 2 aromatic heterocycles. The van der Waals surface area contributed by atoms with E-state index in [-0.39, 0.29) is 11.7 Å². The van der Waals surface area contributed by atoms with Crippen molar-refractivity contribution in [2.24, 2.45) is 0 Å². The van der Waals surface area contributed by atoms with E-state index in [0.29, 0.717) is 33.7 Å². The molecule has 110 valence electrons. The zero-order valence-electron chi connectivity index (χ0n) is 11.1. The maximum atomic E-state index is 11.5. The van der Waals surface area contributed by atoms with Gasteiger partial charge in [0.15, 0.2) is 0 Å². The average molecular weight is 314 g/mol. The summed E-state index contributed by atoms with van der Waals surface area (Å²) in [6.45, 7) is 0. The third-order valence-electron chi connectivity index (χ3n) is 3.20. The fourth-order valence-corrected chi connectivity index (χ4v) is 2.87. The number of nitrogens with one attached hydrogen (secondary N) is 2. The van der Waals surface area contributed by atoms with Gasteiger partial charge in [0, 0.05) is 5.56 Å². The molecule has 0 radical (unpaired) electrons. The van der Waals surface area contributed by atoms with Crippen LogP contribution in [0.3, 0.4) is 0 Å². The maximum absolute atomic E-state index is 11.5. The van der Waals surface area contributed by atoms with Crippen LogP contribution in [0.1, 0.15) is 0 Å². The summed E-state index contributed by atoms with van der Waals surface area (Å²) in [6.07, 6.45) is 0. The van der Waals surface area contributed by atoms with Gasteiger partial charge in [0.1, 0.15) is 11.4 Å².